The molecule has 0 saturated carbocycles. The summed E-state index contributed by atoms with van der Waals surface area (Å²) in [4.78, 5) is 32.9. The van der Waals surface area contributed by atoms with E-state index < -0.39 is 4.92 Å². The van der Waals surface area contributed by atoms with Gasteiger partial charge in [-0.15, -0.1) is 11.3 Å². The molecule has 0 N–H and O–H groups in total. The maximum atomic E-state index is 13.0. The van der Waals surface area contributed by atoms with E-state index in [-0.39, 0.29) is 11.6 Å². The van der Waals surface area contributed by atoms with Crippen LogP contribution in [0.4, 0.5) is 10.8 Å². The summed E-state index contributed by atoms with van der Waals surface area (Å²) in [5.41, 5.74) is 1.02. The molecular weight excluding hydrogens is 488 g/mol. The smallest absolute Gasteiger partial charge is 0.270 e. The van der Waals surface area contributed by atoms with Crippen LogP contribution in [0.2, 0.25) is 0 Å². The largest absolute Gasteiger partial charge is 0.345 e. The first-order chi connectivity index (χ1) is 14.5. The van der Waals surface area contributed by atoms with Crippen molar-refractivity contribution >= 4 is 75.6 Å². The van der Waals surface area contributed by atoms with Crippen LogP contribution >= 0.6 is 38.6 Å². The van der Waals surface area contributed by atoms with Crippen molar-refractivity contribution in [2.75, 3.05) is 31.1 Å². The van der Waals surface area contributed by atoms with Crippen LogP contribution in [0.3, 0.4) is 0 Å². The third kappa shape index (κ3) is 3.55. The number of halogens is 1. The highest BCUT2D eigenvalue weighted by Gasteiger charge is 2.25. The number of hydrogen-bond donors (Lipinski definition) is 0. The molecule has 10 heteroatoms. The Labute approximate surface area is 187 Å². The van der Waals surface area contributed by atoms with Crippen LogP contribution in [0.1, 0.15) is 9.67 Å². The number of hydrogen-bond acceptors (Lipinski definition) is 7. The molecule has 152 valence electrons. The van der Waals surface area contributed by atoms with Crippen LogP contribution in [0, 0.1) is 10.1 Å². The quantitative estimate of drug-likeness (QED) is 0.286. The van der Waals surface area contributed by atoms with Gasteiger partial charge in [0.15, 0.2) is 5.13 Å². The molecular formula is C20H15BrN4O3S2. The summed E-state index contributed by atoms with van der Waals surface area (Å²) < 4.78 is 3.05. The second-order valence-corrected chi connectivity index (χ2v) is 9.99. The van der Waals surface area contributed by atoms with Gasteiger partial charge in [0, 0.05) is 52.9 Å². The Bertz CT molecular complexity index is 1290. The molecule has 2 aromatic heterocycles. The number of amides is 1. The summed E-state index contributed by atoms with van der Waals surface area (Å²) in [6.07, 6.45) is 0. The fourth-order valence-electron chi connectivity index (χ4n) is 3.53. The Kier molecular flexibility index (Phi) is 4.92. The summed E-state index contributed by atoms with van der Waals surface area (Å²) in [7, 11) is 0. The van der Waals surface area contributed by atoms with Crippen LogP contribution in [0.5, 0.6) is 0 Å². The topological polar surface area (TPSA) is 79.6 Å². The third-order valence-corrected chi connectivity index (χ3v) is 7.77. The lowest BCUT2D eigenvalue weighted by molar-refractivity contribution is -0.384. The first kappa shape index (κ1) is 19.4. The predicted molar refractivity (Wildman–Crippen MR) is 124 cm³/mol. The standard InChI is InChI=1S/C20H15BrN4O3S2/c21-13-1-3-15-17(11-13)30-20(22-15)24-7-5-23(6-8-24)19(26)18-10-12-9-14(25(27)28)2-4-16(12)29-18/h1-4,9-11H,5-8H2. The lowest BCUT2D eigenvalue weighted by atomic mass is 10.2. The maximum Gasteiger partial charge on any atom is 0.270 e. The molecule has 1 aliphatic rings. The number of rotatable bonds is 3. The van der Waals surface area contributed by atoms with Crippen molar-refractivity contribution in [3.05, 3.63) is 61.9 Å². The highest BCUT2D eigenvalue weighted by atomic mass is 79.9. The molecule has 1 fully saturated rings. The highest BCUT2D eigenvalue weighted by molar-refractivity contribution is 9.10. The molecule has 7 nitrogen and oxygen atoms in total. The van der Waals surface area contributed by atoms with Crippen molar-refractivity contribution in [3.63, 3.8) is 0 Å². The molecule has 3 heterocycles. The molecule has 30 heavy (non-hydrogen) atoms. The van der Waals surface area contributed by atoms with Crippen LogP contribution in [-0.4, -0.2) is 46.9 Å². The lowest BCUT2D eigenvalue weighted by Crippen LogP contribution is -2.48. The fraction of sp³-hybridized carbons (Fsp3) is 0.200. The summed E-state index contributed by atoms with van der Waals surface area (Å²) in [5, 5.41) is 12.7. The number of benzene rings is 2. The number of fused-ring (bicyclic) bond motifs is 2. The van der Waals surface area contributed by atoms with E-state index in [1.165, 1.54) is 23.5 Å². The molecule has 0 aliphatic carbocycles. The second-order valence-electron chi connectivity index (χ2n) is 6.98. The first-order valence-electron chi connectivity index (χ1n) is 9.26. The average molecular weight is 503 g/mol. The van der Waals surface area contributed by atoms with Gasteiger partial charge in [0.05, 0.1) is 20.0 Å². The van der Waals surface area contributed by atoms with Crippen LogP contribution in [0.25, 0.3) is 20.3 Å². The lowest BCUT2D eigenvalue weighted by Gasteiger charge is -2.34. The number of piperazine rings is 1. The van der Waals surface area contributed by atoms with E-state index in [4.69, 9.17) is 4.98 Å². The van der Waals surface area contributed by atoms with Gasteiger partial charge in [0.2, 0.25) is 0 Å². The Balaban J connectivity index is 1.30. The number of aromatic nitrogens is 1. The monoisotopic (exact) mass is 502 g/mol. The first-order valence-corrected chi connectivity index (χ1v) is 11.7. The van der Waals surface area contributed by atoms with Gasteiger partial charge in [-0.3, -0.25) is 14.9 Å². The summed E-state index contributed by atoms with van der Waals surface area (Å²) in [6, 6.07) is 12.5. The zero-order valence-electron chi connectivity index (χ0n) is 15.6. The number of thiazole rings is 1. The van der Waals surface area contributed by atoms with E-state index in [1.54, 1.807) is 23.5 Å². The minimum Gasteiger partial charge on any atom is -0.345 e. The number of nitro benzene ring substituents is 1. The van der Waals surface area contributed by atoms with E-state index >= 15 is 0 Å². The number of thiophene rings is 1. The number of carbonyl (C=O) groups is 1. The molecule has 0 spiro atoms. The van der Waals surface area contributed by atoms with Crippen molar-refractivity contribution in [2.45, 2.75) is 0 Å². The van der Waals surface area contributed by atoms with Crippen LogP contribution < -0.4 is 4.90 Å². The van der Waals surface area contributed by atoms with Gasteiger partial charge in [0.25, 0.3) is 11.6 Å². The molecule has 2 aromatic carbocycles. The third-order valence-electron chi connectivity index (χ3n) is 5.10. The van der Waals surface area contributed by atoms with Gasteiger partial charge in [-0.25, -0.2) is 4.98 Å². The second kappa shape index (κ2) is 7.60. The molecule has 1 aliphatic heterocycles. The van der Waals surface area contributed by atoms with E-state index in [0.717, 1.165) is 43.0 Å². The molecule has 4 aromatic rings. The van der Waals surface area contributed by atoms with Crippen molar-refractivity contribution in [1.82, 2.24) is 9.88 Å². The van der Waals surface area contributed by atoms with E-state index in [0.29, 0.717) is 18.0 Å². The van der Waals surface area contributed by atoms with Gasteiger partial charge in [-0.2, -0.15) is 0 Å². The van der Waals surface area contributed by atoms with E-state index in [9.17, 15) is 14.9 Å². The van der Waals surface area contributed by atoms with Crippen molar-refractivity contribution in [1.29, 1.82) is 0 Å². The highest BCUT2D eigenvalue weighted by Crippen LogP contribution is 2.32. The molecule has 1 amide bonds. The molecule has 0 unspecified atom stereocenters. The van der Waals surface area contributed by atoms with Crippen LogP contribution in [0.15, 0.2) is 46.9 Å². The molecule has 5 rings (SSSR count). The van der Waals surface area contributed by atoms with E-state index in [1.807, 2.05) is 17.0 Å². The van der Waals surface area contributed by atoms with Crippen molar-refractivity contribution < 1.29 is 9.72 Å². The molecule has 0 radical (unpaired) electrons. The summed E-state index contributed by atoms with van der Waals surface area (Å²) in [6.45, 7) is 2.69. The molecule has 0 bridgehead atoms. The van der Waals surface area contributed by atoms with Crippen molar-refractivity contribution in [3.8, 4) is 0 Å². The predicted octanol–water partition coefficient (Wildman–Crippen LogP) is 5.14. The zero-order valence-corrected chi connectivity index (χ0v) is 18.8. The van der Waals surface area contributed by atoms with Crippen LogP contribution in [-0.2, 0) is 0 Å². The minimum atomic E-state index is -0.418. The maximum absolute atomic E-state index is 13.0. The number of nitrogens with zero attached hydrogens (tertiary/aromatic N) is 4. The zero-order chi connectivity index (χ0) is 20.8. The van der Waals surface area contributed by atoms with Gasteiger partial charge in [-0.05, 0) is 30.3 Å². The normalized spacial score (nSPS) is 14.6. The fourth-order valence-corrected chi connectivity index (χ4v) is 6.11. The Hall–Kier alpha value is -2.56. The Morgan fingerprint density at radius 1 is 1.03 bits per heavy atom. The van der Waals surface area contributed by atoms with Crippen molar-refractivity contribution in [2.24, 2.45) is 0 Å². The van der Waals surface area contributed by atoms with Gasteiger partial charge in [-0.1, -0.05) is 27.3 Å². The van der Waals surface area contributed by atoms with Gasteiger partial charge in [0.1, 0.15) is 0 Å². The van der Waals surface area contributed by atoms with E-state index in [2.05, 4.69) is 26.9 Å². The Morgan fingerprint density at radius 3 is 2.60 bits per heavy atom. The average Bonchev–Trinajstić information content (AvgIpc) is 3.36. The number of anilines is 1. The summed E-state index contributed by atoms with van der Waals surface area (Å²) in [5.74, 6) is -0.0215. The number of carbonyl (C=O) groups excluding carboxylic acids is 1. The SMILES string of the molecule is O=C(c1cc2cc([N+](=O)[O-])ccc2s1)N1CCN(c2nc3ccc(Br)cc3s2)CC1. The number of nitro groups is 1. The Morgan fingerprint density at radius 2 is 1.83 bits per heavy atom. The summed E-state index contributed by atoms with van der Waals surface area (Å²) >= 11 is 6.53. The minimum absolute atomic E-state index is 0.0215. The molecule has 1 saturated heterocycles. The molecule has 0 atom stereocenters. The van der Waals surface area contributed by atoms with Gasteiger partial charge < -0.3 is 9.80 Å². The number of non-ortho nitro benzene ring substituents is 1. The van der Waals surface area contributed by atoms with Gasteiger partial charge >= 0.3 is 0 Å².